The van der Waals surface area contributed by atoms with Crippen LogP contribution in [-0.2, 0) is 0 Å². The number of halogens is 1. The first kappa shape index (κ1) is 26.8. The molecule has 5 rings (SSSR count). The molecule has 1 aromatic heterocycles. The maximum Gasteiger partial charge on any atom is 0.291 e. The van der Waals surface area contributed by atoms with Gasteiger partial charge in [-0.25, -0.2) is 0 Å². The van der Waals surface area contributed by atoms with Crippen LogP contribution in [0.4, 0.5) is 17.1 Å². The summed E-state index contributed by atoms with van der Waals surface area (Å²) >= 11 is 5.92. The number of nitrogens with one attached hydrogen (secondary N) is 1. The number of benzene rings is 3. The first-order chi connectivity index (χ1) is 19.3. The standard InChI is InChI=1S/C29H25ClN4O6/c1-39-23-10-11-24(25(18-23)34(37)38)26-12-13-27(40-26)28(35)31-21-6-8-22(9-7-21)32-14-16-33(17-15-32)29(36)19-2-4-20(30)5-3-19/h2-13,18H,14-17H2,1H3,(H,31,35). The molecule has 1 saturated heterocycles. The number of methoxy groups -OCH3 is 1. The van der Waals surface area contributed by atoms with E-state index in [0.717, 1.165) is 5.69 Å². The molecule has 0 spiro atoms. The lowest BCUT2D eigenvalue weighted by Crippen LogP contribution is -2.48. The minimum absolute atomic E-state index is 0.0166. The molecule has 1 fully saturated rings. The number of amides is 2. The number of nitro benzene ring substituents is 1. The third-order valence-corrected chi connectivity index (χ3v) is 6.90. The van der Waals surface area contributed by atoms with Crippen LogP contribution in [-0.4, -0.2) is 54.9 Å². The molecule has 3 aromatic carbocycles. The van der Waals surface area contributed by atoms with E-state index in [4.69, 9.17) is 20.8 Å². The van der Waals surface area contributed by atoms with Gasteiger partial charge in [0.1, 0.15) is 11.5 Å². The molecule has 2 amide bonds. The van der Waals surface area contributed by atoms with Crippen LogP contribution < -0.4 is 15.0 Å². The molecule has 40 heavy (non-hydrogen) atoms. The van der Waals surface area contributed by atoms with Crippen LogP contribution in [0.25, 0.3) is 11.3 Å². The molecule has 10 nitrogen and oxygen atoms in total. The normalized spacial score (nSPS) is 13.2. The van der Waals surface area contributed by atoms with Crippen LogP contribution in [0.5, 0.6) is 5.75 Å². The van der Waals surface area contributed by atoms with Crippen molar-refractivity contribution in [3.8, 4) is 17.1 Å². The number of carbonyl (C=O) groups excluding carboxylic acids is 2. The molecule has 4 aromatic rings. The number of nitro groups is 1. The van der Waals surface area contributed by atoms with Crippen LogP contribution in [0, 0.1) is 10.1 Å². The molecule has 11 heteroatoms. The lowest BCUT2D eigenvalue weighted by molar-refractivity contribution is -0.384. The van der Waals surface area contributed by atoms with E-state index in [9.17, 15) is 19.7 Å². The number of piperazine rings is 1. The predicted octanol–water partition coefficient (Wildman–Crippen LogP) is 5.73. The minimum Gasteiger partial charge on any atom is -0.497 e. The number of ether oxygens (including phenoxy) is 1. The number of carbonyl (C=O) groups is 2. The highest BCUT2D eigenvalue weighted by molar-refractivity contribution is 6.30. The van der Waals surface area contributed by atoms with E-state index in [1.165, 1.54) is 31.4 Å². The van der Waals surface area contributed by atoms with E-state index in [1.807, 2.05) is 17.0 Å². The van der Waals surface area contributed by atoms with Crippen molar-refractivity contribution in [3.63, 3.8) is 0 Å². The molecule has 204 valence electrons. The molecular formula is C29H25ClN4O6. The van der Waals surface area contributed by atoms with Gasteiger partial charge in [-0.3, -0.25) is 19.7 Å². The van der Waals surface area contributed by atoms with Gasteiger partial charge in [-0.15, -0.1) is 0 Å². The van der Waals surface area contributed by atoms with Gasteiger partial charge in [0.15, 0.2) is 5.76 Å². The molecule has 0 atom stereocenters. The van der Waals surface area contributed by atoms with E-state index < -0.39 is 10.8 Å². The van der Waals surface area contributed by atoms with Crippen molar-refractivity contribution in [2.24, 2.45) is 0 Å². The van der Waals surface area contributed by atoms with Gasteiger partial charge >= 0.3 is 0 Å². The fourth-order valence-corrected chi connectivity index (χ4v) is 4.62. The summed E-state index contributed by atoms with van der Waals surface area (Å²) < 4.78 is 10.7. The maximum absolute atomic E-state index is 12.8. The zero-order chi connectivity index (χ0) is 28.2. The van der Waals surface area contributed by atoms with Gasteiger partial charge in [0, 0.05) is 48.1 Å². The fraction of sp³-hybridized carbons (Fsp3) is 0.172. The summed E-state index contributed by atoms with van der Waals surface area (Å²) in [6.45, 7) is 2.54. The Morgan fingerprint density at radius 1 is 0.950 bits per heavy atom. The largest absolute Gasteiger partial charge is 0.497 e. The van der Waals surface area contributed by atoms with Crippen molar-refractivity contribution in [1.82, 2.24) is 4.90 Å². The van der Waals surface area contributed by atoms with E-state index in [0.29, 0.717) is 48.2 Å². The van der Waals surface area contributed by atoms with E-state index >= 15 is 0 Å². The molecule has 0 unspecified atom stereocenters. The topological polar surface area (TPSA) is 118 Å². The van der Waals surface area contributed by atoms with Crippen LogP contribution >= 0.6 is 11.6 Å². The SMILES string of the molecule is COc1ccc(-c2ccc(C(=O)Nc3ccc(N4CCN(C(=O)c5ccc(Cl)cc5)CC4)cc3)o2)c([N+](=O)[O-])c1. The number of anilines is 2. The molecule has 1 N–H and O–H groups in total. The number of nitrogens with zero attached hydrogens (tertiary/aromatic N) is 3. The average Bonchev–Trinajstić information content (AvgIpc) is 3.48. The zero-order valence-electron chi connectivity index (χ0n) is 21.5. The highest BCUT2D eigenvalue weighted by Gasteiger charge is 2.23. The van der Waals surface area contributed by atoms with E-state index in [2.05, 4.69) is 10.2 Å². The Bertz CT molecular complexity index is 1540. The van der Waals surface area contributed by atoms with Crippen LogP contribution in [0.3, 0.4) is 0 Å². The second-order valence-electron chi connectivity index (χ2n) is 9.09. The summed E-state index contributed by atoms with van der Waals surface area (Å²) in [5.74, 6) is 0.0625. The van der Waals surface area contributed by atoms with Crippen molar-refractivity contribution in [3.05, 3.63) is 105 Å². The molecule has 0 aliphatic carbocycles. The van der Waals surface area contributed by atoms with Crippen LogP contribution in [0.1, 0.15) is 20.9 Å². The summed E-state index contributed by atoms with van der Waals surface area (Å²) in [6, 6.07) is 21.7. The highest BCUT2D eigenvalue weighted by atomic mass is 35.5. The van der Waals surface area contributed by atoms with Crippen molar-refractivity contribution >= 4 is 40.5 Å². The monoisotopic (exact) mass is 560 g/mol. The van der Waals surface area contributed by atoms with Crippen LogP contribution in [0.2, 0.25) is 5.02 Å². The Labute approximate surface area is 234 Å². The molecule has 0 radical (unpaired) electrons. The lowest BCUT2D eigenvalue weighted by Gasteiger charge is -2.36. The van der Waals surface area contributed by atoms with Gasteiger partial charge in [-0.05, 0) is 72.8 Å². The van der Waals surface area contributed by atoms with Crippen molar-refractivity contribution in [2.45, 2.75) is 0 Å². The summed E-state index contributed by atoms with van der Waals surface area (Å²) in [6.07, 6.45) is 0. The number of hydrogen-bond acceptors (Lipinski definition) is 7. The minimum atomic E-state index is -0.529. The average molecular weight is 561 g/mol. The van der Waals surface area contributed by atoms with Gasteiger partial charge in [-0.2, -0.15) is 0 Å². The Kier molecular flexibility index (Phi) is 7.70. The first-order valence-electron chi connectivity index (χ1n) is 12.5. The maximum atomic E-state index is 12.8. The summed E-state index contributed by atoms with van der Waals surface area (Å²) in [7, 11) is 1.42. The summed E-state index contributed by atoms with van der Waals surface area (Å²) in [5, 5.41) is 14.9. The molecule has 0 saturated carbocycles. The smallest absolute Gasteiger partial charge is 0.291 e. The molecule has 1 aliphatic rings. The first-order valence-corrected chi connectivity index (χ1v) is 12.8. The van der Waals surface area contributed by atoms with Gasteiger partial charge in [-0.1, -0.05) is 11.6 Å². The Hall–Kier alpha value is -4.83. The van der Waals surface area contributed by atoms with Gasteiger partial charge in [0.25, 0.3) is 17.5 Å². The summed E-state index contributed by atoms with van der Waals surface area (Å²) in [5.41, 5.74) is 2.21. The van der Waals surface area contributed by atoms with Gasteiger partial charge in [0.2, 0.25) is 0 Å². The van der Waals surface area contributed by atoms with Crippen molar-refractivity contribution < 1.29 is 23.7 Å². The number of furan rings is 1. The second-order valence-corrected chi connectivity index (χ2v) is 9.53. The highest BCUT2D eigenvalue weighted by Crippen LogP contribution is 2.34. The Morgan fingerprint density at radius 2 is 1.65 bits per heavy atom. The van der Waals surface area contributed by atoms with Gasteiger partial charge < -0.3 is 24.3 Å². The predicted molar refractivity (Wildman–Crippen MR) is 151 cm³/mol. The lowest BCUT2D eigenvalue weighted by atomic mass is 10.1. The quantitative estimate of drug-likeness (QED) is 0.226. The van der Waals surface area contributed by atoms with Crippen molar-refractivity contribution in [2.75, 3.05) is 43.5 Å². The van der Waals surface area contributed by atoms with Crippen molar-refractivity contribution in [1.29, 1.82) is 0 Å². The third kappa shape index (κ3) is 5.76. The number of rotatable bonds is 7. The number of hydrogen-bond donors (Lipinski definition) is 1. The molecule has 1 aliphatic heterocycles. The van der Waals surface area contributed by atoms with Gasteiger partial charge in [0.05, 0.1) is 23.7 Å². The van der Waals surface area contributed by atoms with E-state index in [-0.39, 0.29) is 28.7 Å². The second kappa shape index (κ2) is 11.5. The molecule has 2 heterocycles. The Balaban J connectivity index is 1.19. The fourth-order valence-electron chi connectivity index (χ4n) is 4.49. The summed E-state index contributed by atoms with van der Waals surface area (Å²) in [4.78, 5) is 40.5. The zero-order valence-corrected chi connectivity index (χ0v) is 22.3. The van der Waals surface area contributed by atoms with E-state index in [1.54, 1.807) is 42.5 Å². The molecular weight excluding hydrogens is 536 g/mol. The van der Waals surface area contributed by atoms with Crippen LogP contribution in [0.15, 0.2) is 83.3 Å². The molecule has 0 bridgehead atoms. The Morgan fingerprint density at radius 3 is 2.30 bits per heavy atom. The third-order valence-electron chi connectivity index (χ3n) is 6.65.